The van der Waals surface area contributed by atoms with Crippen molar-refractivity contribution in [2.75, 3.05) is 67.7 Å². The molecule has 6 N–H and O–H groups in total. The first kappa shape index (κ1) is 92.0. The average molecular weight is 1550 g/mol. The Bertz CT molecular complexity index is 3610. The van der Waals surface area contributed by atoms with Crippen molar-refractivity contribution in [3.05, 3.63) is 70.7 Å². The van der Waals surface area contributed by atoms with Crippen LogP contribution in [-0.4, -0.2) is 258 Å². The number of amides is 13. The van der Waals surface area contributed by atoms with E-state index < -0.39 is 191 Å². The van der Waals surface area contributed by atoms with Gasteiger partial charge in [-0.2, -0.15) is 0 Å². The highest BCUT2D eigenvalue weighted by molar-refractivity contribution is 7.89. The van der Waals surface area contributed by atoms with Crippen molar-refractivity contribution in [1.82, 2.24) is 60.3 Å². The molecule has 0 saturated carbocycles. The molecule has 2 aromatic rings. The molecule has 4 rings (SSSR count). The Kier molecular flexibility index (Phi) is 36.7. The SMILES string of the molecule is CCCCN1CC(=O)N(C)[C@H](CC(C)C)C(=O)N[C@H](CC(C)C)C(=O)N(C)[C@@H](Cc2ccccc2)C(=O)N(C)[C@@H](C(C)C)C(=O)N[C@H](C(=O)N2CCCCC2)CC(=O)N[C@H](CC(C)C)C(=O)N(C)[C@@H](Cc2cccc(Cl)c2)C(=O)N[C@@H](CCC(=O)NS(C)(=O)=O)C(=O)N(C)C(CC(C)C)C(=O)N=C([C@@H](C)O)C1=O. The van der Waals surface area contributed by atoms with E-state index in [-0.39, 0.29) is 67.8 Å². The van der Waals surface area contributed by atoms with Crippen molar-refractivity contribution < 1.29 is 75.9 Å². The lowest BCUT2D eigenvalue weighted by Gasteiger charge is -2.38. The van der Waals surface area contributed by atoms with E-state index in [9.17, 15) is 42.3 Å². The summed E-state index contributed by atoms with van der Waals surface area (Å²) in [7, 11) is 2.53. The summed E-state index contributed by atoms with van der Waals surface area (Å²) in [6.07, 6.45) is -0.662. The molecule has 0 spiro atoms. The van der Waals surface area contributed by atoms with E-state index in [4.69, 9.17) is 11.6 Å². The molecule has 0 aromatic heterocycles. The van der Waals surface area contributed by atoms with E-state index in [1.54, 1.807) is 90.1 Å². The van der Waals surface area contributed by atoms with Crippen LogP contribution >= 0.6 is 11.6 Å². The van der Waals surface area contributed by atoms with E-state index in [2.05, 4.69) is 26.3 Å². The molecule has 29 nitrogen and oxygen atoms in total. The number of hydrogen-bond acceptors (Lipinski definition) is 16. The Labute approximate surface area is 643 Å². The quantitative estimate of drug-likeness (QED) is 0.0957. The predicted molar refractivity (Wildman–Crippen MR) is 411 cm³/mol. The molecule has 0 aliphatic carbocycles. The molecule has 108 heavy (non-hydrogen) atoms. The molecular weight excluding hydrogens is 1430 g/mol. The Morgan fingerprint density at radius 3 is 1.64 bits per heavy atom. The number of aliphatic imine (C=N–C) groups is 1. The van der Waals surface area contributed by atoms with Crippen LogP contribution < -0.4 is 26.0 Å². The van der Waals surface area contributed by atoms with Gasteiger partial charge in [-0.1, -0.05) is 137 Å². The molecule has 1 saturated heterocycles. The average Bonchev–Trinajstić information content (AvgIpc) is 0.812. The maximum Gasteiger partial charge on any atom is 0.271 e. The largest absolute Gasteiger partial charge is 0.387 e. The number of sulfonamides is 1. The maximum atomic E-state index is 15.6. The number of hydrogen-bond donors (Lipinski definition) is 6. The molecule has 13 amide bonds. The van der Waals surface area contributed by atoms with Crippen molar-refractivity contribution in [1.29, 1.82) is 0 Å². The summed E-state index contributed by atoms with van der Waals surface area (Å²) in [4.78, 5) is 208. The van der Waals surface area contributed by atoms with Gasteiger partial charge >= 0.3 is 0 Å². The summed E-state index contributed by atoms with van der Waals surface area (Å²) in [6.45, 7) is 20.5. The summed E-state index contributed by atoms with van der Waals surface area (Å²) in [5, 5.41) is 22.9. The third-order valence-corrected chi connectivity index (χ3v) is 20.1. The van der Waals surface area contributed by atoms with E-state index in [1.807, 2.05) is 39.3 Å². The number of likely N-dealkylation sites (N-methyl/N-ethyl adjacent to an activating group) is 5. The number of benzene rings is 2. The van der Waals surface area contributed by atoms with E-state index in [1.165, 1.54) is 62.9 Å². The fourth-order valence-electron chi connectivity index (χ4n) is 13.4. The maximum absolute atomic E-state index is 15.6. The summed E-state index contributed by atoms with van der Waals surface area (Å²) in [6, 6.07) is 1.94. The van der Waals surface area contributed by atoms with Crippen LogP contribution in [0.15, 0.2) is 59.6 Å². The van der Waals surface area contributed by atoms with E-state index >= 15 is 33.6 Å². The zero-order valence-electron chi connectivity index (χ0n) is 66.5. The van der Waals surface area contributed by atoms with Crippen LogP contribution in [0.1, 0.15) is 171 Å². The topological polar surface area (TPSA) is 371 Å². The molecule has 2 aliphatic heterocycles. The summed E-state index contributed by atoms with van der Waals surface area (Å²) in [5.74, 6) is -13.2. The Morgan fingerprint density at radius 2 is 1.10 bits per heavy atom. The standard InChI is InChI=1S/C77H120ClN13O16S/c1-19-20-34-91-45-65(95)85(13)59(39-48(6)7)68(96)81-57(38-47(4)5)74(102)88(16)62(42-52-28-23-21-24-29-52)76(104)89(17)67(50(10)11)71(99)82-58(75(103)90-35-25-22-26-36-90)44-64(94)79-56(37-46(2)3)73(101)87(15)61(43-53-30-27-31-54(78)41-53)69(97)80-55(32-33-63(93)84-108(18,106)107)72(100)86(14)60(40-49(8)9)70(98)83-66(51(12)92)77(91)105/h21,23-24,27-31,41,46-51,55-62,67,92H,19-20,22,25-26,32-40,42-45H2,1-18H3,(H,79,94)(H,80,97)(H,81,96)(H,82,99)(H,84,93)/t51-,55+,56-,57-,58+,59-,60?,61+,62+,67+/m1/s1. The van der Waals surface area contributed by atoms with Gasteiger partial charge in [0, 0.05) is 79.2 Å². The number of unbranched alkanes of at least 4 members (excludes halogenated alkanes) is 1. The van der Waals surface area contributed by atoms with Crippen molar-refractivity contribution in [2.24, 2.45) is 34.6 Å². The number of aliphatic hydroxyl groups excluding tert-OH is 1. The van der Waals surface area contributed by atoms with Gasteiger partial charge in [-0.25, -0.2) is 13.4 Å². The summed E-state index contributed by atoms with van der Waals surface area (Å²) >= 11 is 6.49. The third-order valence-electron chi connectivity index (χ3n) is 19.3. The van der Waals surface area contributed by atoms with Crippen molar-refractivity contribution in [2.45, 2.75) is 233 Å². The van der Waals surface area contributed by atoms with Crippen LogP contribution in [0.4, 0.5) is 0 Å². The fraction of sp³-hybridized carbons (Fsp3) is 0.662. The minimum Gasteiger partial charge on any atom is -0.387 e. The molecule has 0 bridgehead atoms. The van der Waals surface area contributed by atoms with Gasteiger partial charge in [0.1, 0.15) is 66.6 Å². The molecule has 2 aliphatic rings. The highest BCUT2D eigenvalue weighted by Gasteiger charge is 2.44. The minimum absolute atomic E-state index is 0.0477. The lowest BCUT2D eigenvalue weighted by Crippen LogP contribution is -2.62. The van der Waals surface area contributed by atoms with Gasteiger partial charge in [0.2, 0.25) is 75.0 Å². The second-order valence-corrected chi connectivity index (χ2v) is 33.1. The monoisotopic (exact) mass is 1550 g/mol. The fourth-order valence-corrected chi connectivity index (χ4v) is 14.2. The van der Waals surface area contributed by atoms with Crippen molar-refractivity contribution in [3.63, 3.8) is 0 Å². The first-order valence-corrected chi connectivity index (χ1v) is 40.0. The lowest BCUT2D eigenvalue weighted by molar-refractivity contribution is -0.151. The highest BCUT2D eigenvalue weighted by Crippen LogP contribution is 2.25. The zero-order chi connectivity index (χ0) is 81.4. The number of nitrogens with one attached hydrogen (secondary N) is 5. The second-order valence-electron chi connectivity index (χ2n) is 30.9. The smallest absolute Gasteiger partial charge is 0.271 e. The van der Waals surface area contributed by atoms with Crippen molar-refractivity contribution in [3.8, 4) is 0 Å². The molecule has 31 heteroatoms. The molecule has 2 aromatic carbocycles. The molecule has 1 fully saturated rings. The number of carbonyl (C=O) groups excluding carboxylic acids is 13. The molecule has 2 heterocycles. The van der Waals surface area contributed by atoms with Crippen LogP contribution in [0.25, 0.3) is 0 Å². The number of nitrogens with zero attached hydrogens (tertiary/aromatic N) is 8. The zero-order valence-corrected chi connectivity index (χ0v) is 68.1. The van der Waals surface area contributed by atoms with E-state index in [0.29, 0.717) is 49.9 Å². The number of aliphatic hydroxyl groups is 1. The first-order chi connectivity index (χ1) is 50.5. The van der Waals surface area contributed by atoms with Gasteiger partial charge in [-0.15, -0.1) is 0 Å². The van der Waals surface area contributed by atoms with Gasteiger partial charge in [0.25, 0.3) is 11.8 Å². The summed E-state index contributed by atoms with van der Waals surface area (Å²) < 4.78 is 26.5. The first-order valence-electron chi connectivity index (χ1n) is 37.7. The Hall–Kier alpha value is -8.38. The van der Waals surface area contributed by atoms with Gasteiger partial charge in [-0.3, -0.25) is 67.1 Å². The molecule has 10 atom stereocenters. The van der Waals surface area contributed by atoms with Crippen LogP contribution in [0, 0.1) is 29.6 Å². The number of carbonyl (C=O) groups is 13. The molecule has 1 unspecified atom stereocenters. The number of likely N-dealkylation sites (tertiary alicyclic amines) is 1. The molecule has 602 valence electrons. The van der Waals surface area contributed by atoms with Crippen LogP contribution in [-0.2, 0) is 85.2 Å². The van der Waals surface area contributed by atoms with Gasteiger partial charge in [-0.05, 0) is 118 Å². The third kappa shape index (κ3) is 28.2. The van der Waals surface area contributed by atoms with Crippen LogP contribution in [0.3, 0.4) is 0 Å². The minimum atomic E-state index is -4.16. The second kappa shape index (κ2) is 43.1. The Morgan fingerprint density at radius 1 is 0.593 bits per heavy atom. The van der Waals surface area contributed by atoms with Gasteiger partial charge in [0.05, 0.1) is 18.8 Å². The van der Waals surface area contributed by atoms with Gasteiger partial charge < -0.3 is 60.7 Å². The number of piperidine rings is 1. The highest BCUT2D eigenvalue weighted by atomic mass is 35.5. The van der Waals surface area contributed by atoms with Gasteiger partial charge in [0.15, 0.2) is 0 Å². The van der Waals surface area contributed by atoms with Crippen LogP contribution in [0.2, 0.25) is 5.02 Å². The van der Waals surface area contributed by atoms with Crippen LogP contribution in [0.5, 0.6) is 0 Å². The van der Waals surface area contributed by atoms with Crippen molar-refractivity contribution >= 4 is 104 Å². The lowest BCUT2D eigenvalue weighted by atomic mass is 9.96. The molecule has 0 radical (unpaired) electrons. The normalized spacial score (nSPS) is 23.5. The molecular formula is C77H120ClN13O16S. The Balaban J connectivity index is 2.08. The summed E-state index contributed by atoms with van der Waals surface area (Å²) in [5.41, 5.74) is 0.326. The number of rotatable bonds is 22. The number of halogens is 1. The predicted octanol–water partition coefficient (Wildman–Crippen LogP) is 4.29. The van der Waals surface area contributed by atoms with E-state index in [0.717, 1.165) is 32.3 Å².